The fourth-order valence-electron chi connectivity index (χ4n) is 2.53. The molecule has 0 fully saturated rings. The first kappa shape index (κ1) is 14.7. The fourth-order valence-corrected chi connectivity index (χ4v) is 3.83. The Balaban J connectivity index is 2.05. The van der Waals surface area contributed by atoms with Crippen LogP contribution in [0.2, 0.25) is 0 Å². The number of aryl methyl sites for hydroxylation is 1. The minimum absolute atomic E-state index is 0.306. The van der Waals surface area contributed by atoms with Crippen molar-refractivity contribution in [2.75, 3.05) is 11.4 Å². The molecule has 0 unspecified atom stereocenters. The lowest BCUT2D eigenvalue weighted by molar-refractivity contribution is 0.594. The zero-order valence-electron chi connectivity index (χ0n) is 12.8. The fraction of sp³-hybridized carbons (Fsp3) is 0.125. The van der Waals surface area contributed by atoms with E-state index < -0.39 is 10.0 Å². The summed E-state index contributed by atoms with van der Waals surface area (Å²) in [7, 11) is -0.0890. The molecule has 2 aromatic carbocycles. The van der Waals surface area contributed by atoms with Crippen LogP contribution in [0, 0.1) is 6.92 Å². The molecular formula is C16H17BN2O2S. The van der Waals surface area contributed by atoms with Gasteiger partial charge < -0.3 is 4.98 Å². The summed E-state index contributed by atoms with van der Waals surface area (Å²) in [6, 6.07) is 14.6. The number of anilines is 1. The number of benzene rings is 2. The molecule has 0 saturated carbocycles. The second-order valence-electron chi connectivity index (χ2n) is 5.51. The molecule has 0 aliphatic rings. The summed E-state index contributed by atoms with van der Waals surface area (Å²) in [5, 5.41) is 1.00. The van der Waals surface area contributed by atoms with E-state index in [1.165, 1.54) is 4.31 Å². The predicted molar refractivity (Wildman–Crippen MR) is 93.2 cm³/mol. The Hall–Kier alpha value is -2.21. The van der Waals surface area contributed by atoms with Gasteiger partial charge >= 0.3 is 0 Å². The Morgan fingerprint density at radius 3 is 2.59 bits per heavy atom. The summed E-state index contributed by atoms with van der Waals surface area (Å²) in [6.07, 6.45) is 0. The second kappa shape index (κ2) is 5.21. The van der Waals surface area contributed by atoms with E-state index in [0.717, 1.165) is 22.1 Å². The molecule has 0 saturated heterocycles. The van der Waals surface area contributed by atoms with Gasteiger partial charge in [0.1, 0.15) is 7.85 Å². The van der Waals surface area contributed by atoms with E-state index in [-0.39, 0.29) is 0 Å². The standard InChI is InChI=1S/C16H17BN2O2S/c1-11-8-12-9-14(6-7-16(12)18-11)19(2)22(20,21)15-5-3-4-13(17)10-15/h3-10,18H,17H2,1-2H3. The number of H-pyrrole nitrogens is 1. The van der Waals surface area contributed by atoms with Gasteiger partial charge in [0.15, 0.2) is 0 Å². The van der Waals surface area contributed by atoms with Gasteiger partial charge in [-0.25, -0.2) is 8.42 Å². The van der Waals surface area contributed by atoms with E-state index in [4.69, 9.17) is 0 Å². The van der Waals surface area contributed by atoms with Crippen molar-refractivity contribution in [3.63, 3.8) is 0 Å². The average molecular weight is 312 g/mol. The third-order valence-electron chi connectivity index (χ3n) is 3.75. The number of aromatic amines is 1. The van der Waals surface area contributed by atoms with Crippen molar-refractivity contribution in [3.8, 4) is 0 Å². The molecule has 0 amide bonds. The van der Waals surface area contributed by atoms with Crippen LogP contribution >= 0.6 is 0 Å². The van der Waals surface area contributed by atoms with Crippen molar-refractivity contribution in [1.29, 1.82) is 0 Å². The quantitative estimate of drug-likeness (QED) is 0.746. The summed E-state index contributed by atoms with van der Waals surface area (Å²) in [6.45, 7) is 1.98. The van der Waals surface area contributed by atoms with Crippen molar-refractivity contribution < 1.29 is 8.42 Å². The van der Waals surface area contributed by atoms with E-state index in [1.807, 2.05) is 45.1 Å². The lowest BCUT2D eigenvalue weighted by Crippen LogP contribution is -2.27. The smallest absolute Gasteiger partial charge is 0.264 e. The van der Waals surface area contributed by atoms with Crippen LogP contribution in [0.4, 0.5) is 5.69 Å². The van der Waals surface area contributed by atoms with Crippen molar-refractivity contribution in [2.45, 2.75) is 11.8 Å². The highest BCUT2D eigenvalue weighted by atomic mass is 32.2. The summed E-state index contributed by atoms with van der Waals surface area (Å²) in [4.78, 5) is 3.54. The van der Waals surface area contributed by atoms with Crippen LogP contribution < -0.4 is 9.77 Å². The minimum atomic E-state index is -3.55. The monoisotopic (exact) mass is 312 g/mol. The third-order valence-corrected chi connectivity index (χ3v) is 5.53. The van der Waals surface area contributed by atoms with Gasteiger partial charge in [-0.3, -0.25) is 4.31 Å². The van der Waals surface area contributed by atoms with Crippen LogP contribution in [0.1, 0.15) is 5.69 Å². The van der Waals surface area contributed by atoms with Gasteiger partial charge in [0.05, 0.1) is 10.6 Å². The normalized spacial score (nSPS) is 11.7. The zero-order valence-corrected chi connectivity index (χ0v) is 13.6. The molecule has 22 heavy (non-hydrogen) atoms. The van der Waals surface area contributed by atoms with Crippen LogP contribution in [0.3, 0.4) is 0 Å². The molecule has 112 valence electrons. The number of fused-ring (bicyclic) bond motifs is 1. The first-order chi connectivity index (χ1) is 10.4. The summed E-state index contributed by atoms with van der Waals surface area (Å²) in [5.41, 5.74) is 3.62. The highest BCUT2D eigenvalue weighted by Gasteiger charge is 2.21. The lowest BCUT2D eigenvalue weighted by Gasteiger charge is -2.20. The largest absolute Gasteiger partial charge is 0.359 e. The summed E-state index contributed by atoms with van der Waals surface area (Å²) < 4.78 is 26.8. The number of rotatable bonds is 3. The molecule has 3 rings (SSSR count). The number of nitrogens with one attached hydrogen (secondary N) is 1. The van der Waals surface area contributed by atoms with Crippen LogP contribution in [0.5, 0.6) is 0 Å². The number of nitrogens with zero attached hydrogens (tertiary/aromatic N) is 1. The molecule has 0 spiro atoms. The van der Waals surface area contributed by atoms with Gasteiger partial charge in [0, 0.05) is 23.6 Å². The van der Waals surface area contributed by atoms with E-state index in [2.05, 4.69) is 4.98 Å². The maximum absolute atomic E-state index is 12.7. The SMILES string of the molecule is Bc1cccc(S(=O)(=O)N(C)c2ccc3[nH]c(C)cc3c2)c1. The van der Waals surface area contributed by atoms with Gasteiger partial charge in [0.25, 0.3) is 10.0 Å². The number of hydrogen-bond acceptors (Lipinski definition) is 2. The Labute approximate surface area is 131 Å². The Bertz CT molecular complexity index is 948. The molecule has 1 heterocycles. The van der Waals surface area contributed by atoms with Gasteiger partial charge in [0.2, 0.25) is 0 Å². The van der Waals surface area contributed by atoms with Crippen LogP contribution in [0.25, 0.3) is 10.9 Å². The van der Waals surface area contributed by atoms with Crippen molar-refractivity contribution >= 4 is 39.9 Å². The third kappa shape index (κ3) is 2.50. The van der Waals surface area contributed by atoms with Gasteiger partial charge in [-0.2, -0.15) is 0 Å². The Kier molecular flexibility index (Phi) is 3.49. The van der Waals surface area contributed by atoms with Crippen LogP contribution in [-0.2, 0) is 10.0 Å². The van der Waals surface area contributed by atoms with E-state index in [0.29, 0.717) is 10.6 Å². The van der Waals surface area contributed by atoms with Crippen LogP contribution in [-0.4, -0.2) is 28.3 Å². The molecule has 0 aliphatic carbocycles. The number of aromatic nitrogens is 1. The van der Waals surface area contributed by atoms with E-state index in [9.17, 15) is 8.42 Å². The van der Waals surface area contributed by atoms with Crippen molar-refractivity contribution in [2.24, 2.45) is 0 Å². The Morgan fingerprint density at radius 1 is 1.09 bits per heavy atom. The summed E-state index contributed by atoms with van der Waals surface area (Å²) >= 11 is 0. The second-order valence-corrected chi connectivity index (χ2v) is 7.48. The number of hydrogen-bond donors (Lipinski definition) is 1. The van der Waals surface area contributed by atoms with Crippen molar-refractivity contribution in [1.82, 2.24) is 4.98 Å². The zero-order chi connectivity index (χ0) is 15.9. The van der Waals surface area contributed by atoms with Gasteiger partial charge in [-0.15, -0.1) is 0 Å². The molecule has 4 nitrogen and oxygen atoms in total. The maximum Gasteiger partial charge on any atom is 0.264 e. The highest BCUT2D eigenvalue weighted by Crippen LogP contribution is 2.26. The molecule has 0 radical (unpaired) electrons. The van der Waals surface area contributed by atoms with Gasteiger partial charge in [-0.05, 0) is 43.3 Å². The molecule has 0 bridgehead atoms. The predicted octanol–water partition coefficient (Wildman–Crippen LogP) is 1.56. The topological polar surface area (TPSA) is 53.2 Å². The Morgan fingerprint density at radius 2 is 1.86 bits per heavy atom. The molecule has 1 N–H and O–H groups in total. The van der Waals surface area contributed by atoms with E-state index in [1.54, 1.807) is 25.2 Å². The number of sulfonamides is 1. The van der Waals surface area contributed by atoms with Crippen molar-refractivity contribution in [3.05, 3.63) is 54.2 Å². The minimum Gasteiger partial charge on any atom is -0.359 e. The van der Waals surface area contributed by atoms with Gasteiger partial charge in [-0.1, -0.05) is 17.6 Å². The lowest BCUT2D eigenvalue weighted by atomic mass is 9.97. The first-order valence-corrected chi connectivity index (χ1v) is 8.47. The molecule has 6 heteroatoms. The maximum atomic E-state index is 12.7. The molecule has 0 aliphatic heterocycles. The molecule has 1 aromatic heterocycles. The average Bonchev–Trinajstić information content (AvgIpc) is 2.85. The van der Waals surface area contributed by atoms with E-state index >= 15 is 0 Å². The molecule has 3 aromatic rings. The highest BCUT2D eigenvalue weighted by molar-refractivity contribution is 7.92. The van der Waals surface area contributed by atoms with Crippen LogP contribution in [0.15, 0.2) is 53.4 Å². The first-order valence-electron chi connectivity index (χ1n) is 7.03. The summed E-state index contributed by atoms with van der Waals surface area (Å²) in [5.74, 6) is 0. The molecule has 0 atom stereocenters. The molecular weight excluding hydrogens is 295 g/mol.